The van der Waals surface area contributed by atoms with Gasteiger partial charge in [0.05, 0.1) is 0 Å². The molecule has 96 valence electrons. The molecule has 1 aliphatic carbocycles. The van der Waals surface area contributed by atoms with E-state index >= 15 is 0 Å². The summed E-state index contributed by atoms with van der Waals surface area (Å²) < 4.78 is 0. The molecule has 19 heavy (non-hydrogen) atoms. The van der Waals surface area contributed by atoms with Crippen LogP contribution in [0, 0.1) is 0 Å². The summed E-state index contributed by atoms with van der Waals surface area (Å²) in [6, 6.07) is 11.6. The van der Waals surface area contributed by atoms with Gasteiger partial charge in [-0.15, -0.1) is 0 Å². The molecule has 2 atom stereocenters. The predicted molar refractivity (Wildman–Crippen MR) is 72.1 cm³/mol. The Kier molecular flexibility index (Phi) is 2.91. The van der Waals surface area contributed by atoms with Crippen molar-refractivity contribution in [3.63, 3.8) is 0 Å². The lowest BCUT2D eigenvalue weighted by atomic mass is 10.1. The Morgan fingerprint density at radius 1 is 1.21 bits per heavy atom. The van der Waals surface area contributed by atoms with Gasteiger partial charge in [-0.05, 0) is 12.0 Å². The number of amides is 1. The molecule has 0 aliphatic heterocycles. The van der Waals surface area contributed by atoms with Gasteiger partial charge >= 0.3 is 0 Å². The van der Waals surface area contributed by atoms with Crippen LogP contribution >= 0.6 is 0 Å². The summed E-state index contributed by atoms with van der Waals surface area (Å²) in [6.45, 7) is 0. The quantitative estimate of drug-likeness (QED) is 0.875. The molecule has 0 radical (unpaired) electrons. The fourth-order valence-corrected chi connectivity index (χ4v) is 2.26. The molecule has 4 heteroatoms. The van der Waals surface area contributed by atoms with Crippen LogP contribution in [0.1, 0.15) is 28.3 Å². The van der Waals surface area contributed by atoms with E-state index in [0.29, 0.717) is 5.92 Å². The molecule has 2 unspecified atom stereocenters. The third kappa shape index (κ3) is 2.42. The Hall–Kier alpha value is -2.36. The normalized spacial score (nSPS) is 20.8. The van der Waals surface area contributed by atoms with Crippen molar-refractivity contribution in [2.45, 2.75) is 18.4 Å². The number of hydrogen-bond acceptors (Lipinski definition) is 2. The second kappa shape index (κ2) is 4.72. The van der Waals surface area contributed by atoms with Crippen LogP contribution in [0.15, 0.2) is 53.6 Å². The van der Waals surface area contributed by atoms with Gasteiger partial charge in [-0.3, -0.25) is 9.59 Å². The monoisotopic (exact) mass is 254 g/mol. The lowest BCUT2D eigenvalue weighted by molar-refractivity contribution is 0.0949. The summed E-state index contributed by atoms with van der Waals surface area (Å²) in [5, 5.41) is 2.90. The van der Waals surface area contributed by atoms with E-state index in [1.165, 1.54) is 24.0 Å². The predicted octanol–water partition coefficient (Wildman–Crippen LogP) is 1.66. The Labute approximate surface area is 110 Å². The van der Waals surface area contributed by atoms with Crippen LogP contribution in [0.5, 0.6) is 0 Å². The highest BCUT2D eigenvalue weighted by atomic mass is 16.2. The molecule has 0 bridgehead atoms. The highest BCUT2D eigenvalue weighted by Gasteiger charge is 2.39. The lowest BCUT2D eigenvalue weighted by Gasteiger charge is -2.04. The van der Waals surface area contributed by atoms with Crippen molar-refractivity contribution in [2.24, 2.45) is 0 Å². The van der Waals surface area contributed by atoms with Gasteiger partial charge in [-0.2, -0.15) is 0 Å². The van der Waals surface area contributed by atoms with E-state index in [4.69, 9.17) is 0 Å². The molecule has 0 saturated heterocycles. The zero-order valence-corrected chi connectivity index (χ0v) is 10.3. The van der Waals surface area contributed by atoms with Gasteiger partial charge in [-0.25, -0.2) is 0 Å². The van der Waals surface area contributed by atoms with Gasteiger partial charge in [0.15, 0.2) is 5.43 Å². The van der Waals surface area contributed by atoms with E-state index in [1.54, 1.807) is 0 Å². The van der Waals surface area contributed by atoms with Crippen molar-refractivity contribution in [3.05, 3.63) is 70.1 Å². The summed E-state index contributed by atoms with van der Waals surface area (Å²) in [4.78, 5) is 26.3. The molecular formula is C15H14N2O2. The Morgan fingerprint density at radius 2 is 2.00 bits per heavy atom. The maximum atomic E-state index is 12.0. The fraction of sp³-hybridized carbons (Fsp3) is 0.200. The number of aromatic amines is 1. The number of hydrogen-bond donors (Lipinski definition) is 2. The number of carbonyl (C=O) groups is 1. The van der Waals surface area contributed by atoms with Crippen LogP contribution in [0.4, 0.5) is 0 Å². The third-order valence-corrected chi connectivity index (χ3v) is 3.40. The Balaban J connectivity index is 1.67. The number of aromatic nitrogens is 1. The van der Waals surface area contributed by atoms with Crippen molar-refractivity contribution in [1.82, 2.24) is 10.3 Å². The van der Waals surface area contributed by atoms with Crippen LogP contribution in [-0.2, 0) is 0 Å². The number of rotatable bonds is 3. The maximum Gasteiger partial charge on any atom is 0.256 e. The number of pyridine rings is 1. The second-order valence-corrected chi connectivity index (χ2v) is 4.76. The van der Waals surface area contributed by atoms with Crippen molar-refractivity contribution >= 4 is 5.91 Å². The minimum atomic E-state index is -0.301. The molecule has 4 nitrogen and oxygen atoms in total. The molecule has 1 aromatic carbocycles. The molecule has 1 heterocycles. The first-order valence-corrected chi connectivity index (χ1v) is 6.28. The molecule has 1 fully saturated rings. The van der Waals surface area contributed by atoms with Gasteiger partial charge in [-0.1, -0.05) is 30.3 Å². The number of benzene rings is 1. The maximum absolute atomic E-state index is 12.0. The lowest BCUT2D eigenvalue weighted by Crippen LogP contribution is -2.30. The van der Waals surface area contributed by atoms with Gasteiger partial charge in [0.1, 0.15) is 5.56 Å². The minimum absolute atomic E-state index is 0.134. The molecule has 1 amide bonds. The largest absolute Gasteiger partial charge is 0.367 e. The topological polar surface area (TPSA) is 62.0 Å². The van der Waals surface area contributed by atoms with Gasteiger partial charge in [0.2, 0.25) is 0 Å². The molecule has 0 spiro atoms. The summed E-state index contributed by atoms with van der Waals surface area (Å²) >= 11 is 0. The average molecular weight is 254 g/mol. The highest BCUT2D eigenvalue weighted by molar-refractivity contribution is 5.94. The van der Waals surface area contributed by atoms with E-state index in [1.807, 2.05) is 18.2 Å². The minimum Gasteiger partial charge on any atom is -0.367 e. The SMILES string of the molecule is O=C(NC1CC1c1ccccc1)c1c[nH]ccc1=O. The standard InChI is InChI=1S/C15H14N2O2/c18-14-6-7-16-9-12(14)15(19)17-13-8-11(13)10-4-2-1-3-5-10/h1-7,9,11,13H,8H2,(H,16,18)(H,17,19). The number of H-pyrrole nitrogens is 1. The molecule has 3 rings (SSSR count). The number of nitrogens with one attached hydrogen (secondary N) is 2. The van der Waals surface area contributed by atoms with Gasteiger partial charge in [0, 0.05) is 30.4 Å². The molecule has 2 N–H and O–H groups in total. The molecule has 1 aliphatic rings. The van der Waals surface area contributed by atoms with Crippen molar-refractivity contribution in [3.8, 4) is 0 Å². The van der Waals surface area contributed by atoms with Gasteiger partial charge < -0.3 is 10.3 Å². The van der Waals surface area contributed by atoms with Crippen LogP contribution in [0.3, 0.4) is 0 Å². The van der Waals surface area contributed by atoms with E-state index < -0.39 is 0 Å². The van der Waals surface area contributed by atoms with Crippen LogP contribution in [0.25, 0.3) is 0 Å². The molecular weight excluding hydrogens is 240 g/mol. The van der Waals surface area contributed by atoms with Crippen molar-refractivity contribution in [1.29, 1.82) is 0 Å². The first kappa shape index (κ1) is 11.7. The summed E-state index contributed by atoms with van der Waals surface area (Å²) in [6.07, 6.45) is 3.89. The van der Waals surface area contributed by atoms with Crippen LogP contribution in [-0.4, -0.2) is 16.9 Å². The summed E-state index contributed by atoms with van der Waals surface area (Å²) in [5.74, 6) is 0.0678. The summed E-state index contributed by atoms with van der Waals surface area (Å²) in [7, 11) is 0. The first-order valence-electron chi connectivity index (χ1n) is 6.28. The van der Waals surface area contributed by atoms with E-state index in [2.05, 4.69) is 22.4 Å². The smallest absolute Gasteiger partial charge is 0.256 e. The highest BCUT2D eigenvalue weighted by Crippen LogP contribution is 2.40. The Morgan fingerprint density at radius 3 is 2.74 bits per heavy atom. The van der Waals surface area contributed by atoms with Crippen LogP contribution in [0.2, 0.25) is 0 Å². The van der Waals surface area contributed by atoms with Gasteiger partial charge in [0.25, 0.3) is 5.91 Å². The average Bonchev–Trinajstić information content (AvgIpc) is 3.19. The van der Waals surface area contributed by atoms with Crippen molar-refractivity contribution < 1.29 is 4.79 Å². The van der Waals surface area contributed by atoms with E-state index in [9.17, 15) is 9.59 Å². The number of carbonyl (C=O) groups excluding carboxylic acids is 1. The van der Waals surface area contributed by atoms with Crippen LogP contribution < -0.4 is 10.7 Å². The zero-order chi connectivity index (χ0) is 13.2. The molecule has 1 saturated carbocycles. The van der Waals surface area contributed by atoms with Crippen molar-refractivity contribution in [2.75, 3.05) is 0 Å². The third-order valence-electron chi connectivity index (χ3n) is 3.40. The van der Waals surface area contributed by atoms with E-state index in [0.717, 1.165) is 6.42 Å². The summed E-state index contributed by atoms with van der Waals surface area (Å²) in [5.41, 5.74) is 1.14. The Bertz CT molecular complexity index is 648. The molecule has 2 aromatic rings. The zero-order valence-electron chi connectivity index (χ0n) is 10.3. The molecule has 1 aromatic heterocycles. The van der Waals surface area contributed by atoms with E-state index in [-0.39, 0.29) is 22.9 Å². The second-order valence-electron chi connectivity index (χ2n) is 4.76. The fourth-order valence-electron chi connectivity index (χ4n) is 2.26. The first-order chi connectivity index (χ1) is 9.25.